The molecule has 1 heterocycles. The summed E-state index contributed by atoms with van der Waals surface area (Å²) in [7, 11) is 0. The lowest BCUT2D eigenvalue weighted by Crippen LogP contribution is -1.86. The van der Waals surface area contributed by atoms with Crippen LogP contribution in [-0.2, 0) is 0 Å². The third-order valence-electron chi connectivity index (χ3n) is 1.44. The maximum atomic E-state index is 8.43. The second-order valence-corrected chi connectivity index (χ2v) is 4.46. The van der Waals surface area contributed by atoms with Crippen molar-refractivity contribution in [3.8, 4) is 0 Å². The summed E-state index contributed by atoms with van der Waals surface area (Å²) in [5, 5.41) is 10.1. The van der Waals surface area contributed by atoms with Crippen molar-refractivity contribution in [2.75, 3.05) is 0 Å². The minimum Gasteiger partial charge on any atom is -0.242 e. The van der Waals surface area contributed by atoms with Crippen LogP contribution in [0.3, 0.4) is 0 Å². The van der Waals surface area contributed by atoms with E-state index in [0.717, 1.165) is 0 Å². The number of hydrogen-bond acceptors (Lipinski definition) is 4. The van der Waals surface area contributed by atoms with Gasteiger partial charge in [-0.2, -0.15) is 0 Å². The van der Waals surface area contributed by atoms with E-state index in [1.165, 1.54) is 0 Å². The molecule has 10 nitrogen and oxygen atoms in total. The Bertz CT molecular complexity index is 561. The Labute approximate surface area is 121 Å². The van der Waals surface area contributed by atoms with Crippen LogP contribution < -0.4 is 0 Å². The first-order valence-electron chi connectivity index (χ1n) is 3.70. The predicted molar refractivity (Wildman–Crippen MR) is 76.1 cm³/mol. The van der Waals surface area contributed by atoms with Crippen LogP contribution in [0, 0.1) is 7.14 Å². The van der Waals surface area contributed by atoms with Gasteiger partial charge in [-0.3, -0.25) is 0 Å². The zero-order chi connectivity index (χ0) is 12.8. The van der Waals surface area contributed by atoms with Gasteiger partial charge in [0.2, 0.25) is 0 Å². The standard InChI is InChI=1S/C5I2N10/c6-1-3(12-15-8)2(7)5(14-17-10)11-4(1)13-16-9. The second kappa shape index (κ2) is 6.32. The third-order valence-corrected chi connectivity index (χ3v) is 3.43. The highest BCUT2D eigenvalue weighted by Gasteiger charge is 2.13. The van der Waals surface area contributed by atoms with Crippen molar-refractivity contribution in [2.45, 2.75) is 0 Å². The van der Waals surface area contributed by atoms with Crippen molar-refractivity contribution >= 4 is 62.5 Å². The maximum absolute atomic E-state index is 8.43. The number of halogens is 2. The molecular formula is C5I2N10. The first-order chi connectivity index (χ1) is 8.15. The molecule has 1 rings (SSSR count). The lowest BCUT2D eigenvalue weighted by Gasteiger charge is -2.06. The summed E-state index contributed by atoms with van der Waals surface area (Å²) < 4.78 is 0.777. The van der Waals surface area contributed by atoms with E-state index >= 15 is 0 Å². The van der Waals surface area contributed by atoms with E-state index in [-0.39, 0.29) is 17.3 Å². The van der Waals surface area contributed by atoms with Gasteiger partial charge in [0.15, 0.2) is 0 Å². The van der Waals surface area contributed by atoms with Crippen molar-refractivity contribution in [3.05, 3.63) is 38.5 Å². The van der Waals surface area contributed by atoms with Crippen LogP contribution in [0.25, 0.3) is 31.3 Å². The van der Waals surface area contributed by atoms with Crippen LogP contribution in [0.1, 0.15) is 0 Å². The normalized spacial score (nSPS) is 8.59. The zero-order valence-corrected chi connectivity index (χ0v) is 12.0. The van der Waals surface area contributed by atoms with E-state index in [9.17, 15) is 0 Å². The van der Waals surface area contributed by atoms with E-state index in [0.29, 0.717) is 7.14 Å². The highest BCUT2D eigenvalue weighted by molar-refractivity contribution is 14.1. The molecule has 1 aromatic rings. The third kappa shape index (κ3) is 3.01. The van der Waals surface area contributed by atoms with Crippen LogP contribution >= 0.6 is 45.2 Å². The molecule has 1 aromatic heterocycles. The predicted octanol–water partition coefficient (Wildman–Crippen LogP) is 5.12. The van der Waals surface area contributed by atoms with E-state index in [1.807, 2.05) is 45.2 Å². The molecule has 0 amide bonds. The van der Waals surface area contributed by atoms with Crippen LogP contribution in [-0.4, -0.2) is 4.98 Å². The van der Waals surface area contributed by atoms with Crippen LogP contribution in [0.15, 0.2) is 15.3 Å². The summed E-state index contributed by atoms with van der Waals surface area (Å²) in [6.07, 6.45) is 0. The quantitative estimate of drug-likeness (QED) is 0.264. The largest absolute Gasteiger partial charge is 0.242 e. The molecule has 0 bridgehead atoms. The van der Waals surface area contributed by atoms with Crippen molar-refractivity contribution in [3.63, 3.8) is 0 Å². The van der Waals surface area contributed by atoms with Gasteiger partial charge in [-0.05, 0) is 72.0 Å². The number of aromatic nitrogens is 1. The van der Waals surface area contributed by atoms with Crippen molar-refractivity contribution in [1.82, 2.24) is 4.98 Å². The van der Waals surface area contributed by atoms with Gasteiger partial charge in [0, 0.05) is 14.7 Å². The van der Waals surface area contributed by atoms with Gasteiger partial charge in [0.05, 0.1) is 12.8 Å². The van der Waals surface area contributed by atoms with E-state index < -0.39 is 0 Å². The summed E-state index contributed by atoms with van der Waals surface area (Å²) in [5.74, 6) is -0.00312. The molecule has 17 heavy (non-hydrogen) atoms. The molecule has 0 spiro atoms. The van der Waals surface area contributed by atoms with Crippen LogP contribution in [0.2, 0.25) is 0 Å². The molecule has 0 N–H and O–H groups in total. The Kier molecular flexibility index (Phi) is 5.06. The lowest BCUT2D eigenvalue weighted by molar-refractivity contribution is 1.18. The fraction of sp³-hybridized carbons (Fsp3) is 0. The number of pyridine rings is 1. The Morgan fingerprint density at radius 2 is 1.24 bits per heavy atom. The van der Waals surface area contributed by atoms with E-state index in [2.05, 4.69) is 35.1 Å². The summed E-state index contributed by atoms with van der Waals surface area (Å²) in [6.45, 7) is 0. The van der Waals surface area contributed by atoms with Gasteiger partial charge < -0.3 is 0 Å². The van der Waals surface area contributed by atoms with E-state index in [1.54, 1.807) is 0 Å². The highest BCUT2D eigenvalue weighted by atomic mass is 127. The fourth-order valence-corrected chi connectivity index (χ4v) is 2.58. The molecule has 0 saturated heterocycles. The molecule has 0 aromatic carbocycles. The number of rotatable bonds is 3. The molecule has 0 aliphatic rings. The Morgan fingerprint density at radius 3 is 1.59 bits per heavy atom. The van der Waals surface area contributed by atoms with Crippen molar-refractivity contribution in [2.24, 2.45) is 15.3 Å². The van der Waals surface area contributed by atoms with Crippen LogP contribution in [0.4, 0.5) is 17.3 Å². The average molecular weight is 454 g/mol. The first-order valence-corrected chi connectivity index (χ1v) is 5.85. The Hall–Kier alpha value is -1.46. The second-order valence-electron chi connectivity index (χ2n) is 2.30. The minimum absolute atomic E-state index is 0.00156. The Morgan fingerprint density at radius 1 is 0.824 bits per heavy atom. The highest BCUT2D eigenvalue weighted by Crippen LogP contribution is 2.38. The summed E-state index contributed by atoms with van der Waals surface area (Å²) in [5.41, 5.74) is 25.4. The van der Waals surface area contributed by atoms with E-state index in [4.69, 9.17) is 16.6 Å². The van der Waals surface area contributed by atoms with Crippen molar-refractivity contribution in [1.29, 1.82) is 0 Å². The molecular weight excluding hydrogens is 454 g/mol. The molecule has 0 saturated carbocycles. The molecule has 0 fully saturated rings. The molecule has 0 unspecified atom stereocenters. The molecule has 0 radical (unpaired) electrons. The van der Waals surface area contributed by atoms with Gasteiger partial charge in [-0.25, -0.2) is 4.98 Å². The first kappa shape index (κ1) is 13.6. The van der Waals surface area contributed by atoms with Gasteiger partial charge >= 0.3 is 0 Å². The molecule has 0 aliphatic heterocycles. The number of azide groups is 3. The summed E-state index contributed by atoms with van der Waals surface area (Å²) >= 11 is 3.65. The van der Waals surface area contributed by atoms with Gasteiger partial charge in [-0.1, -0.05) is 5.11 Å². The van der Waals surface area contributed by atoms with Gasteiger partial charge in [0.1, 0.15) is 11.6 Å². The molecule has 0 atom stereocenters. The molecule has 0 aliphatic carbocycles. The average Bonchev–Trinajstić information content (AvgIpc) is 2.31. The van der Waals surface area contributed by atoms with Gasteiger partial charge in [-0.15, -0.1) is 0 Å². The number of nitrogens with zero attached hydrogens (tertiary/aromatic N) is 10. The summed E-state index contributed by atoms with van der Waals surface area (Å²) in [6, 6.07) is 0. The van der Waals surface area contributed by atoms with Crippen molar-refractivity contribution < 1.29 is 0 Å². The topological polar surface area (TPSA) is 159 Å². The fourth-order valence-electron chi connectivity index (χ4n) is 0.856. The SMILES string of the molecule is [N-]=[N+]=Nc1nc(N=[N+]=[N-])c(I)c(N=[N+]=[N-])c1I. The zero-order valence-electron chi connectivity index (χ0n) is 7.73. The molecule has 12 heteroatoms. The number of hydrogen-bond donors (Lipinski definition) is 0. The maximum Gasteiger partial charge on any atom is 0.141 e. The lowest BCUT2D eigenvalue weighted by atomic mass is 10.4. The van der Waals surface area contributed by atoms with Crippen LogP contribution in [0.5, 0.6) is 0 Å². The monoisotopic (exact) mass is 454 g/mol. The smallest absolute Gasteiger partial charge is 0.141 e. The molecule has 84 valence electrons. The summed E-state index contributed by atoms with van der Waals surface area (Å²) in [4.78, 5) is 11.7. The Balaban J connectivity index is 3.73. The van der Waals surface area contributed by atoms with Gasteiger partial charge in [0.25, 0.3) is 0 Å². The minimum atomic E-state index is -0.00156.